The Bertz CT molecular complexity index is 476. The highest BCUT2D eigenvalue weighted by atomic mass is 16.5. The van der Waals surface area contributed by atoms with Gasteiger partial charge in [0.2, 0.25) is 0 Å². The largest absolute Gasteiger partial charge is 0.349 e. The Balaban J connectivity index is 1.88. The van der Waals surface area contributed by atoms with E-state index in [1.54, 1.807) is 0 Å². The van der Waals surface area contributed by atoms with E-state index in [9.17, 15) is 0 Å². The van der Waals surface area contributed by atoms with Gasteiger partial charge < -0.3 is 4.74 Å². The molecule has 3 atom stereocenters. The predicted molar refractivity (Wildman–Crippen MR) is 76.7 cm³/mol. The van der Waals surface area contributed by atoms with Crippen LogP contribution < -0.4 is 0 Å². The van der Waals surface area contributed by atoms with Crippen LogP contribution in [0.2, 0.25) is 0 Å². The van der Waals surface area contributed by atoms with Crippen molar-refractivity contribution in [1.82, 2.24) is 4.90 Å². The molecule has 2 heteroatoms. The normalized spacial score (nSPS) is 27.6. The maximum Gasteiger partial charge on any atom is 0.137 e. The third-order valence-corrected chi connectivity index (χ3v) is 3.94. The Hall–Kier alpha value is -1.64. The Kier molecular flexibility index (Phi) is 3.36. The maximum absolute atomic E-state index is 6.28. The number of rotatable bonds is 2. The zero-order chi connectivity index (χ0) is 13.2. The molecule has 1 aliphatic heterocycles. The third-order valence-electron chi connectivity index (χ3n) is 3.94. The molecule has 1 heterocycles. The van der Waals surface area contributed by atoms with E-state index in [0.29, 0.717) is 6.04 Å². The minimum atomic E-state index is 0.0430. The lowest BCUT2D eigenvalue weighted by Crippen LogP contribution is -2.27. The SMILES string of the molecule is C[C@H]1[C@H](c2ccccc2)O[C@H](c2ccccc2)N1C. The van der Waals surface area contributed by atoms with Gasteiger partial charge >= 0.3 is 0 Å². The Labute approximate surface area is 114 Å². The minimum absolute atomic E-state index is 0.0430. The first kappa shape index (κ1) is 12.4. The molecule has 98 valence electrons. The van der Waals surface area contributed by atoms with Crippen LogP contribution in [0.3, 0.4) is 0 Å². The predicted octanol–water partition coefficient (Wildman–Crippen LogP) is 3.78. The van der Waals surface area contributed by atoms with Gasteiger partial charge in [0.25, 0.3) is 0 Å². The molecule has 3 rings (SSSR count). The molecule has 1 saturated heterocycles. The van der Waals surface area contributed by atoms with Gasteiger partial charge in [-0.15, -0.1) is 0 Å². The molecule has 2 aromatic carbocycles. The first-order valence-electron chi connectivity index (χ1n) is 6.74. The molecule has 0 aliphatic carbocycles. The van der Waals surface area contributed by atoms with Crippen molar-refractivity contribution in [2.24, 2.45) is 0 Å². The zero-order valence-corrected chi connectivity index (χ0v) is 11.4. The molecular weight excluding hydrogens is 234 g/mol. The Morgan fingerprint density at radius 3 is 1.95 bits per heavy atom. The second-order valence-corrected chi connectivity index (χ2v) is 5.14. The van der Waals surface area contributed by atoms with Crippen LogP contribution in [0, 0.1) is 0 Å². The maximum atomic E-state index is 6.28. The summed E-state index contributed by atoms with van der Waals surface area (Å²) in [5.41, 5.74) is 2.47. The van der Waals surface area contributed by atoms with Gasteiger partial charge in [-0.2, -0.15) is 0 Å². The van der Waals surface area contributed by atoms with Gasteiger partial charge in [0.1, 0.15) is 12.3 Å². The fourth-order valence-corrected chi connectivity index (χ4v) is 2.71. The molecular formula is C17H19NO. The number of likely N-dealkylation sites (N-methyl/N-ethyl adjacent to an activating group) is 1. The van der Waals surface area contributed by atoms with Crippen LogP contribution >= 0.6 is 0 Å². The zero-order valence-electron chi connectivity index (χ0n) is 11.4. The summed E-state index contributed by atoms with van der Waals surface area (Å²) in [5.74, 6) is 0. The molecule has 0 N–H and O–H groups in total. The number of nitrogens with zero attached hydrogens (tertiary/aromatic N) is 1. The third kappa shape index (κ3) is 2.29. The van der Waals surface area contributed by atoms with E-state index in [1.807, 2.05) is 12.1 Å². The van der Waals surface area contributed by atoms with E-state index in [2.05, 4.69) is 67.4 Å². The van der Waals surface area contributed by atoms with Crippen LogP contribution in [-0.2, 0) is 4.74 Å². The minimum Gasteiger partial charge on any atom is -0.349 e. The molecule has 0 radical (unpaired) electrons. The van der Waals surface area contributed by atoms with Crippen LogP contribution in [0.25, 0.3) is 0 Å². The van der Waals surface area contributed by atoms with E-state index in [4.69, 9.17) is 4.74 Å². The van der Waals surface area contributed by atoms with Gasteiger partial charge in [-0.3, -0.25) is 4.90 Å². The molecule has 0 saturated carbocycles. The fraction of sp³-hybridized carbons (Fsp3) is 0.294. The van der Waals surface area contributed by atoms with E-state index < -0.39 is 0 Å². The monoisotopic (exact) mass is 253 g/mol. The summed E-state index contributed by atoms with van der Waals surface area (Å²) < 4.78 is 6.28. The van der Waals surface area contributed by atoms with E-state index >= 15 is 0 Å². The van der Waals surface area contributed by atoms with Crippen molar-refractivity contribution in [1.29, 1.82) is 0 Å². The highest BCUT2D eigenvalue weighted by molar-refractivity contribution is 5.23. The van der Waals surface area contributed by atoms with E-state index in [0.717, 1.165) is 0 Å². The van der Waals surface area contributed by atoms with Gasteiger partial charge in [-0.25, -0.2) is 0 Å². The van der Waals surface area contributed by atoms with Crippen molar-refractivity contribution in [3.8, 4) is 0 Å². The molecule has 19 heavy (non-hydrogen) atoms. The molecule has 0 spiro atoms. The summed E-state index contributed by atoms with van der Waals surface area (Å²) in [5, 5.41) is 0. The molecule has 0 unspecified atom stereocenters. The summed E-state index contributed by atoms with van der Waals surface area (Å²) in [6.07, 6.45) is 0.179. The van der Waals surface area contributed by atoms with Crippen LogP contribution in [0.4, 0.5) is 0 Å². The van der Waals surface area contributed by atoms with Crippen molar-refractivity contribution >= 4 is 0 Å². The standard InChI is InChI=1S/C17H19NO/c1-13-16(14-9-5-3-6-10-14)19-17(18(13)2)15-11-7-4-8-12-15/h3-13,16-17H,1-2H3/t13-,16+,17+/m0/s1. The molecule has 2 nitrogen and oxygen atoms in total. The summed E-state index contributed by atoms with van der Waals surface area (Å²) >= 11 is 0. The molecule has 1 fully saturated rings. The lowest BCUT2D eigenvalue weighted by Gasteiger charge is -2.21. The van der Waals surface area contributed by atoms with Crippen molar-refractivity contribution < 1.29 is 4.74 Å². The second-order valence-electron chi connectivity index (χ2n) is 5.14. The highest BCUT2D eigenvalue weighted by Gasteiger charge is 2.38. The second kappa shape index (κ2) is 5.16. The van der Waals surface area contributed by atoms with Gasteiger partial charge in [0.05, 0.1) is 0 Å². The number of benzene rings is 2. The van der Waals surface area contributed by atoms with Crippen LogP contribution in [-0.4, -0.2) is 18.0 Å². The summed E-state index contributed by atoms with van der Waals surface area (Å²) in [4.78, 5) is 2.30. The Morgan fingerprint density at radius 1 is 0.842 bits per heavy atom. The highest BCUT2D eigenvalue weighted by Crippen LogP contribution is 2.40. The van der Waals surface area contributed by atoms with Crippen molar-refractivity contribution in [2.45, 2.75) is 25.3 Å². The Morgan fingerprint density at radius 2 is 1.37 bits per heavy atom. The fourth-order valence-electron chi connectivity index (χ4n) is 2.71. The van der Waals surface area contributed by atoms with Gasteiger partial charge in [0, 0.05) is 6.04 Å². The first-order valence-corrected chi connectivity index (χ1v) is 6.74. The smallest absolute Gasteiger partial charge is 0.137 e. The van der Waals surface area contributed by atoms with Gasteiger partial charge in [-0.1, -0.05) is 60.7 Å². The lowest BCUT2D eigenvalue weighted by atomic mass is 10.0. The molecule has 1 aliphatic rings. The van der Waals surface area contributed by atoms with Crippen LogP contribution in [0.1, 0.15) is 30.4 Å². The number of hydrogen-bond acceptors (Lipinski definition) is 2. The molecule has 0 aromatic heterocycles. The number of hydrogen-bond donors (Lipinski definition) is 0. The van der Waals surface area contributed by atoms with Crippen molar-refractivity contribution in [3.63, 3.8) is 0 Å². The van der Waals surface area contributed by atoms with Crippen LogP contribution in [0.5, 0.6) is 0 Å². The van der Waals surface area contributed by atoms with Gasteiger partial charge in [0.15, 0.2) is 0 Å². The van der Waals surface area contributed by atoms with E-state index in [1.165, 1.54) is 11.1 Å². The average molecular weight is 253 g/mol. The van der Waals surface area contributed by atoms with E-state index in [-0.39, 0.29) is 12.3 Å². The van der Waals surface area contributed by atoms with Crippen molar-refractivity contribution in [3.05, 3.63) is 71.8 Å². The summed E-state index contributed by atoms with van der Waals surface area (Å²) in [6.45, 7) is 2.22. The molecule has 2 aromatic rings. The van der Waals surface area contributed by atoms with Crippen LogP contribution in [0.15, 0.2) is 60.7 Å². The molecule has 0 amide bonds. The topological polar surface area (TPSA) is 12.5 Å². The first-order chi connectivity index (χ1) is 9.27. The summed E-state index contributed by atoms with van der Waals surface area (Å²) in [6, 6.07) is 21.3. The summed E-state index contributed by atoms with van der Waals surface area (Å²) in [7, 11) is 2.13. The number of ether oxygens (including phenoxy) is 1. The van der Waals surface area contributed by atoms with Crippen molar-refractivity contribution in [2.75, 3.05) is 7.05 Å². The van der Waals surface area contributed by atoms with Gasteiger partial charge in [-0.05, 0) is 25.1 Å². The average Bonchev–Trinajstić information content (AvgIpc) is 2.77. The quantitative estimate of drug-likeness (QED) is 0.807. The molecule has 0 bridgehead atoms. The lowest BCUT2D eigenvalue weighted by molar-refractivity contribution is 0.00560.